The van der Waals surface area contributed by atoms with Crippen molar-refractivity contribution >= 4 is 43.6 Å². The van der Waals surface area contributed by atoms with E-state index in [-0.39, 0.29) is 12.8 Å². The van der Waals surface area contributed by atoms with Gasteiger partial charge in [-0.2, -0.15) is 0 Å². The summed E-state index contributed by atoms with van der Waals surface area (Å²) in [5, 5.41) is 5.07. The summed E-state index contributed by atoms with van der Waals surface area (Å²) in [4.78, 5) is 0. The summed E-state index contributed by atoms with van der Waals surface area (Å²) < 4.78 is 4.87. The lowest BCUT2D eigenvalue weighted by atomic mass is 9.82. The maximum absolute atomic E-state index is 2.48. The molecule has 2 heterocycles. The van der Waals surface area contributed by atoms with Crippen LogP contribution in [0.2, 0.25) is 0 Å². The highest BCUT2D eigenvalue weighted by molar-refractivity contribution is 6.14. The highest BCUT2D eigenvalue weighted by Crippen LogP contribution is 2.51. The van der Waals surface area contributed by atoms with Gasteiger partial charge in [0.2, 0.25) is 0 Å². The molecule has 0 bridgehead atoms. The second-order valence-electron chi connectivity index (χ2n) is 15.0. The summed E-state index contributed by atoms with van der Waals surface area (Å²) in [6.45, 7) is 4.74. The molecule has 10 aromatic rings. The maximum atomic E-state index is 2.48. The summed E-state index contributed by atoms with van der Waals surface area (Å²) in [5.41, 5.74) is 17.5. The Hall–Kier alpha value is -6.64. The van der Waals surface area contributed by atoms with Gasteiger partial charge in [0, 0.05) is 38.3 Å². The molecule has 0 saturated heterocycles. The minimum absolute atomic E-state index is 0. The average Bonchev–Trinajstić information content (AvgIpc) is 3.80. The number of rotatable bonds is 4. The van der Waals surface area contributed by atoms with E-state index in [4.69, 9.17) is 0 Å². The molecule has 0 radical (unpaired) electrons. The molecule has 0 atom stereocenters. The molecule has 0 fully saturated rings. The van der Waals surface area contributed by atoms with Gasteiger partial charge < -0.3 is 9.13 Å². The molecule has 1 aliphatic rings. The average molecular weight is 693 g/mol. The van der Waals surface area contributed by atoms with Crippen LogP contribution in [0.5, 0.6) is 0 Å². The third-order valence-corrected chi connectivity index (χ3v) is 11.7. The van der Waals surface area contributed by atoms with E-state index in [1.54, 1.807) is 0 Å². The molecule has 0 aliphatic heterocycles. The van der Waals surface area contributed by atoms with Gasteiger partial charge in [-0.15, -0.1) is 0 Å². The first-order valence-corrected chi connectivity index (χ1v) is 18.5. The molecule has 8 aromatic carbocycles. The fourth-order valence-electron chi connectivity index (χ4n) is 9.13. The van der Waals surface area contributed by atoms with E-state index in [1.165, 1.54) is 99.5 Å². The monoisotopic (exact) mass is 692 g/mol. The number of fused-ring (bicyclic) bond motifs is 9. The van der Waals surface area contributed by atoms with Crippen molar-refractivity contribution in [3.63, 3.8) is 0 Å². The minimum atomic E-state index is -0.0905. The maximum Gasteiger partial charge on any atom is 0.0544 e. The van der Waals surface area contributed by atoms with Crippen LogP contribution in [0.4, 0.5) is 0 Å². The molecule has 2 heteroatoms. The molecular formula is C52H40N2. The van der Waals surface area contributed by atoms with Crippen LogP contribution in [0.25, 0.3) is 88.4 Å². The van der Waals surface area contributed by atoms with Crippen LogP contribution in [-0.2, 0) is 5.41 Å². The fourth-order valence-corrected chi connectivity index (χ4v) is 9.13. The van der Waals surface area contributed by atoms with Gasteiger partial charge >= 0.3 is 0 Å². The lowest BCUT2D eigenvalue weighted by Crippen LogP contribution is -2.14. The summed E-state index contributed by atoms with van der Waals surface area (Å²) >= 11 is 0. The van der Waals surface area contributed by atoms with E-state index < -0.39 is 0 Å². The first-order chi connectivity index (χ1) is 26.0. The Labute approximate surface area is 316 Å². The summed E-state index contributed by atoms with van der Waals surface area (Å²) in [5.74, 6) is 0. The van der Waals surface area contributed by atoms with E-state index in [9.17, 15) is 0 Å². The van der Waals surface area contributed by atoms with Crippen LogP contribution >= 0.6 is 0 Å². The fraction of sp³-hybridized carbons (Fsp3) is 0.0769. The van der Waals surface area contributed by atoms with Crippen molar-refractivity contribution < 1.29 is 0 Å². The number of hydrogen-bond donors (Lipinski definition) is 0. The van der Waals surface area contributed by atoms with Crippen molar-refractivity contribution in [3.8, 4) is 44.8 Å². The number of aromatic nitrogens is 2. The molecule has 0 amide bonds. The standard InChI is InChI=1S/C51H36N2.CH4/c1-51(2)45-22-11-9-20-39(45)41-31-44-43-30-36(35-24-26-48-42(29-35)40-21-10-12-23-47(40)52(48)37-17-7-4-8-18-37)25-27-49(43)53(50(44)32-46(41)51)38-19-13-16-34(28-38)33-14-5-3-6-15-33;/h3-32H,1-2H3;1H4. The number of nitrogens with zero attached hydrogens (tertiary/aromatic N) is 2. The topological polar surface area (TPSA) is 9.86 Å². The Morgan fingerprint density at radius 2 is 0.870 bits per heavy atom. The van der Waals surface area contributed by atoms with E-state index in [1.807, 2.05) is 0 Å². The number of benzene rings is 8. The van der Waals surface area contributed by atoms with E-state index in [0.717, 1.165) is 0 Å². The van der Waals surface area contributed by atoms with Gasteiger partial charge in [-0.1, -0.05) is 137 Å². The van der Waals surface area contributed by atoms with Crippen LogP contribution in [0.1, 0.15) is 32.4 Å². The third kappa shape index (κ3) is 4.60. The van der Waals surface area contributed by atoms with Crippen molar-refractivity contribution in [2.24, 2.45) is 0 Å². The first kappa shape index (κ1) is 32.0. The highest BCUT2D eigenvalue weighted by Gasteiger charge is 2.36. The summed E-state index contributed by atoms with van der Waals surface area (Å²) in [6.07, 6.45) is 0. The Balaban J connectivity index is 0.00000361. The predicted octanol–water partition coefficient (Wildman–Crippen LogP) is 14.2. The van der Waals surface area contributed by atoms with E-state index in [2.05, 4.69) is 205 Å². The molecule has 0 saturated carbocycles. The molecule has 11 rings (SSSR count). The normalized spacial score (nSPS) is 13.0. The van der Waals surface area contributed by atoms with Crippen molar-refractivity contribution in [2.45, 2.75) is 26.7 Å². The van der Waals surface area contributed by atoms with Crippen molar-refractivity contribution in [2.75, 3.05) is 0 Å². The zero-order chi connectivity index (χ0) is 35.3. The van der Waals surface area contributed by atoms with Crippen molar-refractivity contribution in [1.82, 2.24) is 9.13 Å². The SMILES string of the molecule is C.CC1(C)c2ccccc2-c2cc3c4cc(-c5ccc6c(c5)c5ccccc5n6-c5ccccc5)ccc4n(-c4cccc(-c5ccccc5)c4)c3cc21. The molecule has 0 N–H and O–H groups in total. The lowest BCUT2D eigenvalue weighted by molar-refractivity contribution is 0.661. The molecule has 0 spiro atoms. The van der Waals surface area contributed by atoms with Gasteiger partial charge in [-0.05, 0) is 111 Å². The van der Waals surface area contributed by atoms with Crippen molar-refractivity contribution in [1.29, 1.82) is 0 Å². The largest absolute Gasteiger partial charge is 0.309 e. The second kappa shape index (κ2) is 11.9. The van der Waals surface area contributed by atoms with Gasteiger partial charge in [-0.3, -0.25) is 0 Å². The zero-order valence-electron chi connectivity index (χ0n) is 29.7. The van der Waals surface area contributed by atoms with Gasteiger partial charge in [-0.25, -0.2) is 0 Å². The van der Waals surface area contributed by atoms with Crippen LogP contribution in [0, 0.1) is 0 Å². The molecular weight excluding hydrogens is 653 g/mol. The predicted molar refractivity (Wildman–Crippen MR) is 230 cm³/mol. The van der Waals surface area contributed by atoms with Gasteiger partial charge in [0.15, 0.2) is 0 Å². The number of hydrogen-bond acceptors (Lipinski definition) is 0. The Morgan fingerprint density at radius 1 is 0.333 bits per heavy atom. The van der Waals surface area contributed by atoms with Crippen LogP contribution in [0.15, 0.2) is 182 Å². The van der Waals surface area contributed by atoms with E-state index in [0.29, 0.717) is 0 Å². The molecule has 54 heavy (non-hydrogen) atoms. The van der Waals surface area contributed by atoms with Gasteiger partial charge in [0.1, 0.15) is 0 Å². The second-order valence-corrected chi connectivity index (χ2v) is 15.0. The van der Waals surface area contributed by atoms with Gasteiger partial charge in [0.25, 0.3) is 0 Å². The van der Waals surface area contributed by atoms with Crippen LogP contribution < -0.4 is 0 Å². The zero-order valence-corrected chi connectivity index (χ0v) is 29.7. The minimum Gasteiger partial charge on any atom is -0.309 e. The van der Waals surface area contributed by atoms with E-state index >= 15 is 0 Å². The lowest BCUT2D eigenvalue weighted by Gasteiger charge is -2.21. The Bertz CT molecular complexity index is 3070. The quantitative estimate of drug-likeness (QED) is 0.174. The molecule has 258 valence electrons. The number of para-hydroxylation sites is 2. The Morgan fingerprint density at radius 3 is 1.63 bits per heavy atom. The molecule has 1 aliphatic carbocycles. The molecule has 2 aromatic heterocycles. The smallest absolute Gasteiger partial charge is 0.0544 e. The van der Waals surface area contributed by atoms with Crippen molar-refractivity contribution in [3.05, 3.63) is 193 Å². The highest BCUT2D eigenvalue weighted by atomic mass is 15.0. The molecule has 2 nitrogen and oxygen atoms in total. The van der Waals surface area contributed by atoms with Crippen LogP contribution in [0.3, 0.4) is 0 Å². The van der Waals surface area contributed by atoms with Crippen LogP contribution in [-0.4, -0.2) is 9.13 Å². The summed E-state index contributed by atoms with van der Waals surface area (Å²) in [7, 11) is 0. The van der Waals surface area contributed by atoms with Gasteiger partial charge in [0.05, 0.1) is 22.1 Å². The Kier molecular flexibility index (Phi) is 7.09. The molecule has 0 unspecified atom stereocenters. The third-order valence-electron chi connectivity index (χ3n) is 11.7. The summed E-state index contributed by atoms with van der Waals surface area (Å²) in [6, 6.07) is 67.1. The first-order valence-electron chi connectivity index (χ1n) is 18.5.